The van der Waals surface area contributed by atoms with E-state index in [1.165, 1.54) is 18.5 Å². The normalized spacial score (nSPS) is 12.2. The monoisotopic (exact) mass is 362 g/mol. The van der Waals surface area contributed by atoms with Crippen LogP contribution in [0.2, 0.25) is 51.4 Å². The van der Waals surface area contributed by atoms with E-state index in [0.717, 1.165) is 11.8 Å². The van der Waals surface area contributed by atoms with Gasteiger partial charge in [0.1, 0.15) is 0 Å². The van der Waals surface area contributed by atoms with Crippen molar-refractivity contribution in [3.05, 3.63) is 14.9 Å². The molecule has 0 spiro atoms. The molecular weight excluding hydrogens is 319 g/mol. The van der Waals surface area contributed by atoms with Crippen molar-refractivity contribution in [1.82, 2.24) is 0 Å². The molecule has 0 saturated heterocycles. The maximum absolute atomic E-state index is 2.45. The molecule has 0 aliphatic carbocycles. The summed E-state index contributed by atoms with van der Waals surface area (Å²) in [5.41, 5.74) is 0. The smallest absolute Gasteiger partial charge is 0.358 e. The summed E-state index contributed by atoms with van der Waals surface area (Å²) >= 11 is 0. The van der Waals surface area contributed by atoms with Crippen LogP contribution >= 0.6 is 0 Å². The van der Waals surface area contributed by atoms with E-state index in [-0.39, 0.29) is 31.3 Å². The van der Waals surface area contributed by atoms with Crippen molar-refractivity contribution in [3.8, 4) is 0 Å². The van der Waals surface area contributed by atoms with Gasteiger partial charge in [-0.2, -0.15) is 0 Å². The van der Waals surface area contributed by atoms with Crippen molar-refractivity contribution in [3.63, 3.8) is 0 Å². The molecule has 1 atom stereocenters. The van der Waals surface area contributed by atoms with Crippen molar-refractivity contribution in [2.45, 2.75) is 85.5 Å². The van der Waals surface area contributed by atoms with Crippen LogP contribution in [0.1, 0.15) is 34.1 Å². The molecule has 0 fully saturated rings. The van der Waals surface area contributed by atoms with Gasteiger partial charge in [-0.05, 0) is 11.8 Å². The predicted octanol–water partition coefficient (Wildman–Crippen LogP) is 7.25. The van der Waals surface area contributed by atoms with Gasteiger partial charge >= 0.3 is 16.5 Å². The van der Waals surface area contributed by atoms with Crippen molar-refractivity contribution in [2.24, 2.45) is 11.8 Å². The molecule has 0 amide bonds. The fourth-order valence-corrected chi connectivity index (χ4v) is 5.85. The molecule has 0 heterocycles. The Kier molecular flexibility index (Phi) is 24.3. The molecular formula is C17H44NiSi2. The minimum atomic E-state index is -0.783. The van der Waals surface area contributed by atoms with E-state index in [0.29, 0.717) is 0 Å². The van der Waals surface area contributed by atoms with E-state index < -0.39 is 16.1 Å². The number of hydrogen-bond donors (Lipinski definition) is 0. The third-order valence-electron chi connectivity index (χ3n) is 3.07. The summed E-state index contributed by atoms with van der Waals surface area (Å²) in [6.07, 6.45) is 1.37. The van der Waals surface area contributed by atoms with E-state index in [9.17, 15) is 0 Å². The first-order valence-corrected chi connectivity index (χ1v) is 14.8. The molecule has 3 heteroatoms. The molecule has 0 aromatic heterocycles. The second-order valence-electron chi connectivity index (χ2n) is 8.30. The van der Waals surface area contributed by atoms with Gasteiger partial charge in [0.2, 0.25) is 0 Å². The molecule has 20 heavy (non-hydrogen) atoms. The second-order valence-corrected chi connectivity index (χ2v) is 19.4. The van der Waals surface area contributed by atoms with Crippen LogP contribution < -0.4 is 0 Å². The second kappa shape index (κ2) is 14.8. The molecule has 0 N–H and O–H groups in total. The summed E-state index contributed by atoms with van der Waals surface area (Å²) in [5, 5.41) is 0. The standard InChI is InChI=1S/C9H22Si.C6H16Si.2CH3.Ni/c1-8(2)9(3)7-10(4,5)6;1-5-6-7(2,3)4;;;/h8-9H,7H2,1-6H3;5-6H2,1-4H3;2*1H3;/q;;2*-1;+2. The van der Waals surface area contributed by atoms with Crippen LogP contribution in [0.4, 0.5) is 0 Å². The third kappa shape index (κ3) is 31.4. The fraction of sp³-hybridized carbons (Fsp3) is 0.882. The number of rotatable bonds is 5. The Hall–Kier alpha value is 0.927. The van der Waals surface area contributed by atoms with Crippen molar-refractivity contribution >= 4 is 16.1 Å². The zero-order valence-corrected chi connectivity index (χ0v) is 19.6. The maximum atomic E-state index is 2.45. The molecule has 0 aliphatic heterocycles. The Bertz CT molecular complexity index is 178. The first-order chi connectivity index (χ1) is 7.39. The van der Waals surface area contributed by atoms with Crippen LogP contribution in [-0.2, 0) is 16.5 Å². The minimum absolute atomic E-state index is 0. The molecule has 0 bridgehead atoms. The summed E-state index contributed by atoms with van der Waals surface area (Å²) in [6.45, 7) is 23.9. The average Bonchev–Trinajstić information content (AvgIpc) is 1.98. The van der Waals surface area contributed by atoms with Gasteiger partial charge in [-0.3, -0.25) is 0 Å². The molecule has 0 rings (SSSR count). The largest absolute Gasteiger partial charge is 2.00 e. The summed E-state index contributed by atoms with van der Waals surface area (Å²) in [5.74, 6) is 1.79. The average molecular weight is 363 g/mol. The molecule has 0 nitrogen and oxygen atoms in total. The van der Waals surface area contributed by atoms with Crippen LogP contribution in [-0.4, -0.2) is 16.1 Å². The van der Waals surface area contributed by atoms with Gasteiger partial charge in [-0.1, -0.05) is 85.5 Å². The van der Waals surface area contributed by atoms with E-state index >= 15 is 0 Å². The first-order valence-electron chi connectivity index (χ1n) is 7.39. The van der Waals surface area contributed by atoms with Crippen LogP contribution in [0.3, 0.4) is 0 Å². The van der Waals surface area contributed by atoms with Gasteiger partial charge < -0.3 is 14.9 Å². The predicted molar refractivity (Wildman–Crippen MR) is 103 cm³/mol. The van der Waals surface area contributed by atoms with E-state index in [2.05, 4.69) is 67.0 Å². The first kappa shape index (κ1) is 32.8. The maximum Gasteiger partial charge on any atom is 2.00 e. The van der Waals surface area contributed by atoms with Gasteiger partial charge in [0.25, 0.3) is 0 Å². The van der Waals surface area contributed by atoms with Crippen LogP contribution in [0.5, 0.6) is 0 Å². The van der Waals surface area contributed by atoms with Crippen LogP contribution in [0, 0.1) is 26.7 Å². The fourth-order valence-electron chi connectivity index (χ4n) is 1.95. The summed E-state index contributed by atoms with van der Waals surface area (Å²) in [7, 11) is -1.44. The van der Waals surface area contributed by atoms with Crippen molar-refractivity contribution in [1.29, 1.82) is 0 Å². The van der Waals surface area contributed by atoms with Gasteiger partial charge in [-0.15, -0.1) is 0 Å². The number of hydrogen-bond acceptors (Lipinski definition) is 0. The minimum Gasteiger partial charge on any atom is -0.358 e. The van der Waals surface area contributed by atoms with Gasteiger partial charge in [-0.25, -0.2) is 0 Å². The van der Waals surface area contributed by atoms with Crippen LogP contribution in [0.15, 0.2) is 0 Å². The molecule has 130 valence electrons. The Labute approximate surface area is 144 Å². The molecule has 1 unspecified atom stereocenters. The van der Waals surface area contributed by atoms with Crippen LogP contribution in [0.25, 0.3) is 0 Å². The Balaban J connectivity index is -0.0000000681. The SMILES string of the molecule is CC(C)C(C)C[Si](C)(C)C.CCC[Si](C)(C)C.[CH3-].[CH3-].[Ni+2]. The Morgan fingerprint density at radius 1 is 0.750 bits per heavy atom. The molecule has 0 saturated carbocycles. The third-order valence-corrected chi connectivity index (χ3v) is 6.94. The summed E-state index contributed by atoms with van der Waals surface area (Å²) < 4.78 is 0. The molecule has 0 aromatic carbocycles. The van der Waals surface area contributed by atoms with E-state index in [4.69, 9.17) is 0 Å². The topological polar surface area (TPSA) is 0 Å². The molecule has 0 aliphatic rings. The van der Waals surface area contributed by atoms with Gasteiger partial charge in [0.15, 0.2) is 0 Å². The Morgan fingerprint density at radius 2 is 1.10 bits per heavy atom. The quantitative estimate of drug-likeness (QED) is 0.356. The summed E-state index contributed by atoms with van der Waals surface area (Å²) in [6, 6.07) is 2.96. The zero-order valence-electron chi connectivity index (χ0n) is 16.6. The zero-order chi connectivity index (χ0) is 14.3. The molecule has 0 radical (unpaired) electrons. The van der Waals surface area contributed by atoms with Gasteiger partial charge in [0, 0.05) is 16.1 Å². The summed E-state index contributed by atoms with van der Waals surface area (Å²) in [4.78, 5) is 0. The van der Waals surface area contributed by atoms with Gasteiger partial charge in [0.05, 0.1) is 0 Å². The van der Waals surface area contributed by atoms with Crippen molar-refractivity contribution < 1.29 is 16.5 Å². The Morgan fingerprint density at radius 3 is 1.15 bits per heavy atom. The van der Waals surface area contributed by atoms with E-state index in [1.54, 1.807) is 0 Å². The molecule has 0 aromatic rings. The van der Waals surface area contributed by atoms with Crippen molar-refractivity contribution in [2.75, 3.05) is 0 Å². The van der Waals surface area contributed by atoms with E-state index in [1.807, 2.05) is 0 Å².